The number of hydrogen-bond acceptors (Lipinski definition) is 3. The Kier molecular flexibility index (Phi) is 5.35. The molecule has 162 valence electrons. The van der Waals surface area contributed by atoms with Crippen molar-refractivity contribution < 1.29 is 4.79 Å². The van der Waals surface area contributed by atoms with Crippen LogP contribution in [0.3, 0.4) is 0 Å². The van der Waals surface area contributed by atoms with Crippen molar-refractivity contribution in [2.75, 3.05) is 27.2 Å². The summed E-state index contributed by atoms with van der Waals surface area (Å²) >= 11 is 0. The number of nitrogens with zero attached hydrogens (tertiary/aromatic N) is 5. The van der Waals surface area contributed by atoms with Gasteiger partial charge in [-0.2, -0.15) is 0 Å². The fourth-order valence-corrected chi connectivity index (χ4v) is 4.53. The summed E-state index contributed by atoms with van der Waals surface area (Å²) in [4.78, 5) is 25.2. The molecule has 6 nitrogen and oxygen atoms in total. The van der Waals surface area contributed by atoms with Gasteiger partial charge in [0.2, 0.25) is 0 Å². The summed E-state index contributed by atoms with van der Waals surface area (Å²) in [5, 5.41) is 0. The molecule has 0 spiro atoms. The zero-order chi connectivity index (χ0) is 22.1. The van der Waals surface area contributed by atoms with E-state index >= 15 is 0 Å². The molecule has 1 aliphatic rings. The van der Waals surface area contributed by atoms with Gasteiger partial charge in [-0.1, -0.05) is 54.6 Å². The van der Waals surface area contributed by atoms with Crippen LogP contribution < -0.4 is 0 Å². The number of likely N-dealkylation sites (tertiary alicyclic amines) is 1. The molecule has 5 rings (SSSR count). The van der Waals surface area contributed by atoms with E-state index in [-0.39, 0.29) is 6.03 Å². The molecule has 2 aromatic carbocycles. The Morgan fingerprint density at radius 1 is 1.00 bits per heavy atom. The number of aromatic nitrogens is 3. The molecule has 1 atom stereocenters. The van der Waals surface area contributed by atoms with Crippen LogP contribution in [0.5, 0.6) is 0 Å². The lowest BCUT2D eigenvalue weighted by atomic mass is 10.0. The minimum absolute atomic E-state index is 0.0870. The second-order valence-electron chi connectivity index (χ2n) is 8.63. The Bertz CT molecular complexity index is 1230. The topological polar surface area (TPSA) is 54.3 Å². The zero-order valence-corrected chi connectivity index (χ0v) is 18.5. The van der Waals surface area contributed by atoms with Crippen LogP contribution in [0.15, 0.2) is 73.1 Å². The first-order valence-electron chi connectivity index (χ1n) is 11.0. The van der Waals surface area contributed by atoms with Gasteiger partial charge in [-0.25, -0.2) is 9.78 Å². The number of hydrogen-bond donors (Lipinski definition) is 0. The number of carbonyl (C=O) groups is 1. The number of fused-ring (bicyclic) bond motifs is 1. The molecule has 0 N–H and O–H groups in total. The first-order chi connectivity index (χ1) is 15.6. The lowest BCUT2D eigenvalue weighted by Crippen LogP contribution is -2.37. The average molecular weight is 426 g/mol. The molecule has 2 amide bonds. The van der Waals surface area contributed by atoms with E-state index < -0.39 is 0 Å². The third-order valence-corrected chi connectivity index (χ3v) is 6.18. The molecule has 32 heavy (non-hydrogen) atoms. The van der Waals surface area contributed by atoms with Crippen LogP contribution >= 0.6 is 0 Å². The van der Waals surface area contributed by atoms with Gasteiger partial charge in [0.15, 0.2) is 0 Å². The van der Waals surface area contributed by atoms with Gasteiger partial charge in [-0.15, -0.1) is 0 Å². The summed E-state index contributed by atoms with van der Waals surface area (Å²) in [7, 11) is 3.62. The summed E-state index contributed by atoms with van der Waals surface area (Å²) in [5.41, 5.74) is 5.45. The largest absolute Gasteiger partial charge is 0.331 e. The van der Waals surface area contributed by atoms with Crippen molar-refractivity contribution in [2.45, 2.75) is 13.0 Å². The van der Waals surface area contributed by atoms with Crippen LogP contribution in [-0.4, -0.2) is 57.6 Å². The Labute approximate surface area is 188 Å². The van der Waals surface area contributed by atoms with Crippen molar-refractivity contribution in [3.63, 3.8) is 0 Å². The maximum Gasteiger partial charge on any atom is 0.319 e. The van der Waals surface area contributed by atoms with Gasteiger partial charge in [0.1, 0.15) is 11.3 Å². The monoisotopic (exact) mass is 425 g/mol. The van der Waals surface area contributed by atoms with Crippen molar-refractivity contribution in [1.82, 2.24) is 24.3 Å². The minimum atomic E-state index is 0.0870. The molecule has 0 radical (unpaired) electrons. The summed E-state index contributed by atoms with van der Waals surface area (Å²) in [6, 6.07) is 21.1. The van der Waals surface area contributed by atoms with Crippen LogP contribution in [0.4, 0.5) is 4.79 Å². The quantitative estimate of drug-likeness (QED) is 0.473. The van der Waals surface area contributed by atoms with Gasteiger partial charge in [-0.05, 0) is 29.5 Å². The van der Waals surface area contributed by atoms with E-state index in [1.807, 2.05) is 43.5 Å². The molecule has 4 aromatic rings. The lowest BCUT2D eigenvalue weighted by Gasteiger charge is -2.21. The van der Waals surface area contributed by atoms with E-state index in [9.17, 15) is 4.79 Å². The maximum absolute atomic E-state index is 12.4. The van der Waals surface area contributed by atoms with Crippen LogP contribution in [0.2, 0.25) is 0 Å². The standard InChI is InChI=1S/C26H27N5O/c1-29(2)26(32)30-15-13-19(17-30)18-31-24-12-14-27-16-23(24)28-25(31)22-10-8-21(9-11-22)20-6-4-3-5-7-20/h3-12,14,16,19H,13,15,17-18H2,1-2H3/t19-/m1/s1. The van der Waals surface area contributed by atoms with Crippen molar-refractivity contribution in [3.8, 4) is 22.5 Å². The predicted molar refractivity (Wildman–Crippen MR) is 127 cm³/mol. The van der Waals surface area contributed by atoms with Gasteiger partial charge in [0.05, 0.1) is 11.7 Å². The highest BCUT2D eigenvalue weighted by molar-refractivity contribution is 5.80. The van der Waals surface area contributed by atoms with Gasteiger partial charge >= 0.3 is 6.03 Å². The Hall–Kier alpha value is -3.67. The summed E-state index contributed by atoms with van der Waals surface area (Å²) in [5.74, 6) is 1.34. The summed E-state index contributed by atoms with van der Waals surface area (Å²) in [6.45, 7) is 2.40. The van der Waals surface area contributed by atoms with Crippen LogP contribution in [0.1, 0.15) is 6.42 Å². The van der Waals surface area contributed by atoms with E-state index in [1.54, 1.807) is 4.90 Å². The number of rotatable bonds is 4. The number of amides is 2. The molecule has 1 fully saturated rings. The van der Waals surface area contributed by atoms with Crippen LogP contribution in [-0.2, 0) is 6.54 Å². The first kappa shape index (κ1) is 20.2. The normalized spacial score (nSPS) is 15.9. The number of benzene rings is 2. The SMILES string of the molecule is CN(C)C(=O)N1CC[C@@H](Cn2c(-c3ccc(-c4ccccc4)cc3)nc3cnccc32)C1. The zero-order valence-electron chi connectivity index (χ0n) is 18.5. The summed E-state index contributed by atoms with van der Waals surface area (Å²) < 4.78 is 2.29. The number of imidazole rings is 1. The fraction of sp³-hybridized carbons (Fsp3) is 0.269. The van der Waals surface area contributed by atoms with E-state index in [0.717, 1.165) is 48.5 Å². The second kappa shape index (κ2) is 8.46. The van der Waals surface area contributed by atoms with Crippen LogP contribution in [0, 0.1) is 5.92 Å². The van der Waals surface area contributed by atoms with Crippen molar-refractivity contribution in [2.24, 2.45) is 5.92 Å². The van der Waals surface area contributed by atoms with Gasteiger partial charge in [0.25, 0.3) is 0 Å². The predicted octanol–water partition coefficient (Wildman–Crippen LogP) is 4.77. The molecular formula is C26H27N5O. The van der Waals surface area contributed by atoms with Gasteiger partial charge in [0, 0.05) is 45.5 Å². The molecule has 1 aliphatic heterocycles. The maximum atomic E-state index is 12.4. The van der Waals surface area contributed by atoms with E-state index in [0.29, 0.717) is 5.92 Å². The van der Waals surface area contributed by atoms with E-state index in [4.69, 9.17) is 4.98 Å². The molecule has 2 aromatic heterocycles. The molecule has 6 heteroatoms. The molecule has 0 saturated carbocycles. The summed E-state index contributed by atoms with van der Waals surface area (Å²) in [6.07, 6.45) is 4.64. The second-order valence-corrected chi connectivity index (χ2v) is 8.63. The number of carbonyl (C=O) groups excluding carboxylic acids is 1. The third-order valence-electron chi connectivity index (χ3n) is 6.18. The molecule has 0 bridgehead atoms. The Morgan fingerprint density at radius 3 is 2.47 bits per heavy atom. The molecule has 0 unspecified atom stereocenters. The van der Waals surface area contributed by atoms with Gasteiger partial charge in [-0.3, -0.25) is 4.98 Å². The first-order valence-corrected chi connectivity index (χ1v) is 11.0. The molecule has 1 saturated heterocycles. The minimum Gasteiger partial charge on any atom is -0.331 e. The lowest BCUT2D eigenvalue weighted by molar-refractivity contribution is 0.179. The number of urea groups is 1. The average Bonchev–Trinajstić information content (AvgIpc) is 3.45. The molecular weight excluding hydrogens is 398 g/mol. The van der Waals surface area contributed by atoms with E-state index in [1.165, 1.54) is 11.1 Å². The highest BCUT2D eigenvalue weighted by Crippen LogP contribution is 2.29. The molecule has 0 aliphatic carbocycles. The van der Waals surface area contributed by atoms with Crippen LogP contribution in [0.25, 0.3) is 33.5 Å². The van der Waals surface area contributed by atoms with Gasteiger partial charge < -0.3 is 14.4 Å². The van der Waals surface area contributed by atoms with Crippen molar-refractivity contribution >= 4 is 17.1 Å². The Morgan fingerprint density at radius 2 is 1.72 bits per heavy atom. The highest BCUT2D eigenvalue weighted by atomic mass is 16.2. The fourth-order valence-electron chi connectivity index (χ4n) is 4.53. The third kappa shape index (κ3) is 3.84. The smallest absolute Gasteiger partial charge is 0.319 e. The van der Waals surface area contributed by atoms with E-state index in [2.05, 4.69) is 58.1 Å². The Balaban J connectivity index is 1.46. The molecule has 3 heterocycles. The highest BCUT2D eigenvalue weighted by Gasteiger charge is 2.28. The van der Waals surface area contributed by atoms with Crippen molar-refractivity contribution in [3.05, 3.63) is 73.1 Å². The number of pyridine rings is 1. The van der Waals surface area contributed by atoms with Crippen molar-refractivity contribution in [1.29, 1.82) is 0 Å².